The van der Waals surface area contributed by atoms with Gasteiger partial charge in [0, 0.05) is 38.2 Å². The Bertz CT molecular complexity index is 667. The van der Waals surface area contributed by atoms with Crippen molar-refractivity contribution in [2.45, 2.75) is 58.7 Å². The molecule has 0 atom stereocenters. The van der Waals surface area contributed by atoms with Crippen molar-refractivity contribution in [2.75, 3.05) is 39.4 Å². The van der Waals surface area contributed by atoms with Gasteiger partial charge in [-0.2, -0.15) is 0 Å². The van der Waals surface area contributed by atoms with Crippen molar-refractivity contribution in [2.24, 2.45) is 4.99 Å². The first-order valence-electron chi connectivity index (χ1n) is 10.6. The number of hydrogen-bond donors (Lipinski definition) is 1. The molecular formula is C22H35N3O3. The lowest BCUT2D eigenvalue weighted by molar-refractivity contribution is 0.0263. The lowest BCUT2D eigenvalue weighted by Crippen LogP contribution is -2.47. The van der Waals surface area contributed by atoms with Crippen molar-refractivity contribution < 1.29 is 14.2 Å². The largest absolute Gasteiger partial charge is 0.488 e. The molecule has 6 heteroatoms. The highest BCUT2D eigenvalue weighted by Gasteiger charge is 2.32. The molecule has 0 unspecified atom stereocenters. The van der Waals surface area contributed by atoms with E-state index in [9.17, 15) is 0 Å². The number of ether oxygens (including phenoxy) is 3. The Morgan fingerprint density at radius 3 is 2.79 bits per heavy atom. The third-order valence-electron chi connectivity index (χ3n) is 5.14. The minimum atomic E-state index is -0.161. The van der Waals surface area contributed by atoms with E-state index in [0.29, 0.717) is 19.3 Å². The summed E-state index contributed by atoms with van der Waals surface area (Å²) in [5.74, 6) is 2.68. The Kier molecular flexibility index (Phi) is 7.05. The summed E-state index contributed by atoms with van der Waals surface area (Å²) >= 11 is 0. The molecule has 1 N–H and O–H groups in total. The molecule has 0 spiro atoms. The quantitative estimate of drug-likeness (QED) is 0.441. The maximum Gasteiger partial charge on any atom is 0.194 e. The lowest BCUT2D eigenvalue weighted by atomic mass is 10.0. The van der Waals surface area contributed by atoms with Crippen molar-refractivity contribution in [3.05, 3.63) is 23.8 Å². The van der Waals surface area contributed by atoms with Crippen LogP contribution in [-0.2, 0) is 11.2 Å². The highest BCUT2D eigenvalue weighted by Crippen LogP contribution is 2.41. The van der Waals surface area contributed by atoms with E-state index in [0.717, 1.165) is 63.0 Å². The van der Waals surface area contributed by atoms with Gasteiger partial charge in [0.2, 0.25) is 0 Å². The Morgan fingerprint density at radius 1 is 1.29 bits per heavy atom. The summed E-state index contributed by atoms with van der Waals surface area (Å²) in [6.07, 6.45) is 3.41. The lowest BCUT2D eigenvalue weighted by Gasteiger charge is -2.34. The first kappa shape index (κ1) is 20.8. The number of piperidine rings is 1. The molecule has 0 aliphatic carbocycles. The fourth-order valence-corrected chi connectivity index (χ4v) is 3.90. The Balaban J connectivity index is 1.52. The summed E-state index contributed by atoms with van der Waals surface area (Å²) in [5, 5.41) is 3.41. The number of para-hydroxylation sites is 1. The van der Waals surface area contributed by atoms with Crippen molar-refractivity contribution in [1.29, 1.82) is 0 Å². The fraction of sp³-hybridized carbons (Fsp3) is 0.682. The molecule has 2 heterocycles. The SMILES string of the molecule is CCNC(=NCCOc1cccc2c1OC(C)(C)C2)N1CCC(OCC)CC1. The van der Waals surface area contributed by atoms with Gasteiger partial charge in [-0.15, -0.1) is 0 Å². The van der Waals surface area contributed by atoms with E-state index in [4.69, 9.17) is 19.2 Å². The van der Waals surface area contributed by atoms with Crippen molar-refractivity contribution in [3.63, 3.8) is 0 Å². The molecule has 28 heavy (non-hydrogen) atoms. The minimum Gasteiger partial charge on any atom is -0.488 e. The number of benzene rings is 1. The molecule has 0 aromatic heterocycles. The number of nitrogens with one attached hydrogen (secondary N) is 1. The van der Waals surface area contributed by atoms with Crippen molar-refractivity contribution in [1.82, 2.24) is 10.2 Å². The van der Waals surface area contributed by atoms with Crippen LogP contribution in [-0.4, -0.2) is 62.0 Å². The van der Waals surface area contributed by atoms with Crippen LogP contribution in [0.25, 0.3) is 0 Å². The van der Waals surface area contributed by atoms with E-state index in [1.807, 2.05) is 12.1 Å². The van der Waals surface area contributed by atoms with E-state index >= 15 is 0 Å². The highest BCUT2D eigenvalue weighted by molar-refractivity contribution is 5.80. The summed E-state index contributed by atoms with van der Waals surface area (Å²) in [6.45, 7) is 13.1. The molecule has 1 aromatic rings. The molecule has 0 amide bonds. The zero-order valence-electron chi connectivity index (χ0n) is 17.8. The number of hydrogen-bond acceptors (Lipinski definition) is 4. The van der Waals surface area contributed by atoms with Gasteiger partial charge in [-0.3, -0.25) is 0 Å². The Labute approximate surface area is 169 Å². The van der Waals surface area contributed by atoms with Gasteiger partial charge in [-0.25, -0.2) is 4.99 Å². The summed E-state index contributed by atoms with van der Waals surface area (Å²) < 4.78 is 17.8. The number of rotatable bonds is 7. The number of likely N-dealkylation sites (tertiary alicyclic amines) is 1. The van der Waals surface area contributed by atoms with Gasteiger partial charge < -0.3 is 24.4 Å². The summed E-state index contributed by atoms with van der Waals surface area (Å²) in [6, 6.07) is 6.13. The van der Waals surface area contributed by atoms with Crippen LogP contribution < -0.4 is 14.8 Å². The highest BCUT2D eigenvalue weighted by atomic mass is 16.5. The van der Waals surface area contributed by atoms with Crippen LogP contribution in [0.4, 0.5) is 0 Å². The topological polar surface area (TPSA) is 55.3 Å². The van der Waals surface area contributed by atoms with Gasteiger partial charge in [0.25, 0.3) is 0 Å². The molecular weight excluding hydrogens is 354 g/mol. The third kappa shape index (κ3) is 5.31. The molecule has 1 saturated heterocycles. The number of guanidine groups is 1. The van der Waals surface area contributed by atoms with Crippen molar-refractivity contribution in [3.8, 4) is 11.5 Å². The predicted octanol–water partition coefficient (Wildman–Crippen LogP) is 3.25. The van der Waals surface area contributed by atoms with Gasteiger partial charge in [0.05, 0.1) is 12.6 Å². The first-order valence-corrected chi connectivity index (χ1v) is 10.6. The molecule has 0 saturated carbocycles. The molecule has 6 nitrogen and oxygen atoms in total. The van der Waals surface area contributed by atoms with Gasteiger partial charge >= 0.3 is 0 Å². The van der Waals surface area contributed by atoms with Crippen molar-refractivity contribution >= 4 is 5.96 Å². The van der Waals surface area contributed by atoms with E-state index in [1.165, 1.54) is 5.56 Å². The second kappa shape index (κ2) is 9.50. The van der Waals surface area contributed by atoms with Crippen LogP contribution in [0.3, 0.4) is 0 Å². The predicted molar refractivity (Wildman–Crippen MR) is 113 cm³/mol. The maximum absolute atomic E-state index is 6.07. The molecule has 0 radical (unpaired) electrons. The smallest absolute Gasteiger partial charge is 0.194 e. The number of fused-ring (bicyclic) bond motifs is 1. The molecule has 0 bridgehead atoms. The van der Waals surface area contributed by atoms with Gasteiger partial charge in [-0.1, -0.05) is 12.1 Å². The maximum atomic E-state index is 6.07. The van der Waals surface area contributed by atoms with Crippen LogP contribution in [0.1, 0.15) is 46.1 Å². The second-order valence-corrected chi connectivity index (χ2v) is 8.01. The third-order valence-corrected chi connectivity index (χ3v) is 5.14. The van der Waals surface area contributed by atoms with Crippen LogP contribution in [0.15, 0.2) is 23.2 Å². The van der Waals surface area contributed by atoms with E-state index in [-0.39, 0.29) is 5.60 Å². The molecule has 1 aromatic carbocycles. The zero-order valence-corrected chi connectivity index (χ0v) is 17.8. The standard InChI is InChI=1S/C22H35N3O3/c1-5-23-21(25-13-10-18(11-14-25)26-6-2)24-12-15-27-19-9-7-8-17-16-22(3,4)28-20(17)19/h7-9,18H,5-6,10-16H2,1-4H3,(H,23,24). The molecule has 2 aliphatic heterocycles. The Hall–Kier alpha value is -1.95. The molecule has 2 aliphatic rings. The minimum absolute atomic E-state index is 0.161. The summed E-state index contributed by atoms with van der Waals surface area (Å²) in [4.78, 5) is 7.09. The van der Waals surface area contributed by atoms with Crippen LogP contribution in [0.5, 0.6) is 11.5 Å². The molecule has 3 rings (SSSR count). The van der Waals surface area contributed by atoms with Crippen LogP contribution in [0.2, 0.25) is 0 Å². The normalized spacial score (nSPS) is 19.3. The van der Waals surface area contributed by atoms with Gasteiger partial charge in [0.15, 0.2) is 17.5 Å². The Morgan fingerprint density at radius 2 is 2.07 bits per heavy atom. The van der Waals surface area contributed by atoms with E-state index < -0.39 is 0 Å². The van der Waals surface area contributed by atoms with E-state index in [1.54, 1.807) is 0 Å². The average molecular weight is 390 g/mol. The number of aliphatic imine (C=N–C) groups is 1. The first-order chi connectivity index (χ1) is 13.5. The molecule has 156 valence electrons. The van der Waals surface area contributed by atoms with Crippen LogP contribution >= 0.6 is 0 Å². The van der Waals surface area contributed by atoms with Crippen LogP contribution in [0, 0.1) is 0 Å². The molecule has 1 fully saturated rings. The summed E-state index contributed by atoms with van der Waals surface area (Å²) in [5.41, 5.74) is 1.06. The number of nitrogens with zero attached hydrogens (tertiary/aromatic N) is 2. The fourth-order valence-electron chi connectivity index (χ4n) is 3.90. The van der Waals surface area contributed by atoms with Gasteiger partial charge in [0.1, 0.15) is 12.2 Å². The zero-order chi connectivity index (χ0) is 20.0. The monoisotopic (exact) mass is 389 g/mol. The second-order valence-electron chi connectivity index (χ2n) is 8.01. The van der Waals surface area contributed by atoms with Gasteiger partial charge in [-0.05, 0) is 46.6 Å². The van der Waals surface area contributed by atoms with E-state index in [2.05, 4.69) is 44.0 Å². The average Bonchev–Trinajstić information content (AvgIpc) is 3.00. The summed E-state index contributed by atoms with van der Waals surface area (Å²) in [7, 11) is 0.